The van der Waals surface area contributed by atoms with Crippen LogP contribution in [0.1, 0.15) is 56.6 Å². The molecule has 1 aliphatic heterocycles. The number of aromatic nitrogens is 3. The Labute approximate surface area is 126 Å². The van der Waals surface area contributed by atoms with Crippen molar-refractivity contribution in [3.05, 3.63) is 11.6 Å². The number of rotatable bonds is 3. The lowest BCUT2D eigenvalue weighted by atomic mass is 10.2. The van der Waals surface area contributed by atoms with E-state index in [0.717, 1.165) is 30.6 Å². The molecule has 0 spiro atoms. The molecule has 2 heterocycles. The van der Waals surface area contributed by atoms with Crippen molar-refractivity contribution in [3.63, 3.8) is 0 Å². The molecule has 2 N–H and O–H groups in total. The fourth-order valence-corrected chi connectivity index (χ4v) is 3.30. The van der Waals surface area contributed by atoms with Crippen LogP contribution in [-0.2, 0) is 19.5 Å². The van der Waals surface area contributed by atoms with Gasteiger partial charge in [0.15, 0.2) is 11.8 Å². The fourth-order valence-electron chi connectivity index (χ4n) is 3.30. The maximum absolute atomic E-state index is 4.35. The van der Waals surface area contributed by atoms with Crippen molar-refractivity contribution in [1.29, 1.82) is 0 Å². The van der Waals surface area contributed by atoms with E-state index in [4.69, 9.17) is 0 Å². The molecule has 3 rings (SSSR count). The predicted molar refractivity (Wildman–Crippen MR) is 83.2 cm³/mol. The maximum atomic E-state index is 4.35. The summed E-state index contributed by atoms with van der Waals surface area (Å²) in [7, 11) is 1.83. The number of nitrogens with one attached hydrogen (secondary N) is 2. The molecular formula is C15H26N6. The summed E-state index contributed by atoms with van der Waals surface area (Å²) in [6.45, 7) is 1.74. The van der Waals surface area contributed by atoms with Gasteiger partial charge in [0.25, 0.3) is 0 Å². The van der Waals surface area contributed by atoms with Gasteiger partial charge in [-0.3, -0.25) is 4.99 Å². The molecule has 116 valence electrons. The fraction of sp³-hybridized carbons (Fsp3) is 0.800. The van der Waals surface area contributed by atoms with Crippen LogP contribution < -0.4 is 10.6 Å². The third kappa shape index (κ3) is 3.54. The van der Waals surface area contributed by atoms with Crippen LogP contribution in [0, 0.1) is 0 Å². The molecule has 1 aromatic rings. The van der Waals surface area contributed by atoms with Gasteiger partial charge < -0.3 is 15.2 Å². The maximum Gasteiger partial charge on any atom is 0.191 e. The Balaban J connectivity index is 1.57. The molecule has 0 bridgehead atoms. The summed E-state index contributed by atoms with van der Waals surface area (Å²) in [5.74, 6) is 3.05. The van der Waals surface area contributed by atoms with Gasteiger partial charge in [-0.05, 0) is 25.7 Å². The molecule has 2 aliphatic rings. The van der Waals surface area contributed by atoms with Gasteiger partial charge in [-0.15, -0.1) is 10.2 Å². The highest BCUT2D eigenvalue weighted by molar-refractivity contribution is 5.79. The van der Waals surface area contributed by atoms with Gasteiger partial charge in [0.1, 0.15) is 5.82 Å². The number of guanidine groups is 1. The Morgan fingerprint density at radius 3 is 2.86 bits per heavy atom. The van der Waals surface area contributed by atoms with E-state index in [1.807, 2.05) is 7.05 Å². The molecule has 21 heavy (non-hydrogen) atoms. The SMILES string of the molecule is CN=C(NCc1nnc2n1CCCCC2)NC1CCCC1. The van der Waals surface area contributed by atoms with Crippen LogP contribution in [0.5, 0.6) is 0 Å². The highest BCUT2D eigenvalue weighted by Gasteiger charge is 2.17. The van der Waals surface area contributed by atoms with E-state index in [-0.39, 0.29) is 0 Å². The van der Waals surface area contributed by atoms with E-state index in [2.05, 4.69) is 30.4 Å². The molecule has 0 unspecified atom stereocenters. The van der Waals surface area contributed by atoms with E-state index in [9.17, 15) is 0 Å². The third-order valence-corrected chi connectivity index (χ3v) is 4.52. The van der Waals surface area contributed by atoms with Crippen LogP contribution in [-0.4, -0.2) is 33.8 Å². The van der Waals surface area contributed by atoms with Gasteiger partial charge >= 0.3 is 0 Å². The lowest BCUT2D eigenvalue weighted by molar-refractivity contribution is 0.585. The van der Waals surface area contributed by atoms with Crippen molar-refractivity contribution in [2.75, 3.05) is 7.05 Å². The second kappa shape index (κ2) is 6.91. The Morgan fingerprint density at radius 2 is 2.05 bits per heavy atom. The molecule has 6 nitrogen and oxygen atoms in total. The molecule has 0 saturated heterocycles. The number of fused-ring (bicyclic) bond motifs is 1. The van der Waals surface area contributed by atoms with E-state index in [1.165, 1.54) is 44.9 Å². The number of hydrogen-bond acceptors (Lipinski definition) is 3. The lowest BCUT2D eigenvalue weighted by Gasteiger charge is -2.17. The molecule has 1 aliphatic carbocycles. The Bertz CT molecular complexity index is 486. The topological polar surface area (TPSA) is 67.1 Å². The lowest BCUT2D eigenvalue weighted by Crippen LogP contribution is -2.42. The van der Waals surface area contributed by atoms with E-state index in [1.54, 1.807) is 0 Å². The molecule has 0 atom stereocenters. The number of aliphatic imine (C=N–C) groups is 1. The normalized spacial score (nSPS) is 20.1. The number of hydrogen-bond donors (Lipinski definition) is 2. The average molecular weight is 290 g/mol. The Hall–Kier alpha value is -1.59. The molecule has 1 fully saturated rings. The quantitative estimate of drug-likeness (QED) is 0.655. The predicted octanol–water partition coefficient (Wildman–Crippen LogP) is 1.61. The van der Waals surface area contributed by atoms with Gasteiger partial charge in [0.2, 0.25) is 0 Å². The first-order valence-electron chi connectivity index (χ1n) is 8.25. The second-order valence-corrected chi connectivity index (χ2v) is 6.05. The zero-order valence-electron chi connectivity index (χ0n) is 12.9. The van der Waals surface area contributed by atoms with Crippen molar-refractivity contribution in [1.82, 2.24) is 25.4 Å². The smallest absolute Gasteiger partial charge is 0.191 e. The van der Waals surface area contributed by atoms with Gasteiger partial charge in [-0.2, -0.15) is 0 Å². The first kappa shape index (κ1) is 14.4. The summed E-state index contributed by atoms with van der Waals surface area (Å²) in [6, 6.07) is 0.576. The summed E-state index contributed by atoms with van der Waals surface area (Å²) >= 11 is 0. The first-order chi connectivity index (χ1) is 10.4. The van der Waals surface area contributed by atoms with Crippen LogP contribution in [0.15, 0.2) is 4.99 Å². The highest BCUT2D eigenvalue weighted by atomic mass is 15.3. The Kier molecular flexibility index (Phi) is 4.72. The monoisotopic (exact) mass is 290 g/mol. The zero-order valence-corrected chi connectivity index (χ0v) is 12.9. The van der Waals surface area contributed by atoms with Gasteiger partial charge in [0.05, 0.1) is 6.54 Å². The summed E-state index contributed by atoms with van der Waals surface area (Å²) in [5.41, 5.74) is 0. The standard InChI is InChI=1S/C15H26N6/c1-16-15(18-12-7-4-5-8-12)17-11-14-20-19-13-9-3-2-6-10-21(13)14/h12H,2-11H2,1H3,(H2,16,17,18). The molecule has 1 aromatic heterocycles. The minimum atomic E-state index is 0.576. The molecule has 1 saturated carbocycles. The largest absolute Gasteiger partial charge is 0.354 e. The minimum Gasteiger partial charge on any atom is -0.354 e. The van der Waals surface area contributed by atoms with Crippen LogP contribution in [0.3, 0.4) is 0 Å². The zero-order chi connectivity index (χ0) is 14.5. The first-order valence-corrected chi connectivity index (χ1v) is 8.25. The van der Waals surface area contributed by atoms with Crippen LogP contribution >= 0.6 is 0 Å². The van der Waals surface area contributed by atoms with Gasteiger partial charge in [-0.25, -0.2) is 0 Å². The van der Waals surface area contributed by atoms with Crippen molar-refractivity contribution < 1.29 is 0 Å². The summed E-state index contributed by atoms with van der Waals surface area (Å²) in [6.07, 6.45) is 9.97. The van der Waals surface area contributed by atoms with Crippen molar-refractivity contribution in [3.8, 4) is 0 Å². The van der Waals surface area contributed by atoms with Crippen LogP contribution in [0.2, 0.25) is 0 Å². The molecule has 0 amide bonds. The highest BCUT2D eigenvalue weighted by Crippen LogP contribution is 2.17. The summed E-state index contributed by atoms with van der Waals surface area (Å²) in [4.78, 5) is 4.32. The molecule has 0 aromatic carbocycles. The second-order valence-electron chi connectivity index (χ2n) is 6.05. The van der Waals surface area contributed by atoms with Crippen molar-refractivity contribution in [2.24, 2.45) is 4.99 Å². The summed E-state index contributed by atoms with van der Waals surface area (Å²) < 4.78 is 2.28. The van der Waals surface area contributed by atoms with E-state index >= 15 is 0 Å². The van der Waals surface area contributed by atoms with Crippen LogP contribution in [0.4, 0.5) is 0 Å². The Morgan fingerprint density at radius 1 is 1.19 bits per heavy atom. The molecule has 0 radical (unpaired) electrons. The average Bonchev–Trinajstić information content (AvgIpc) is 3.08. The summed E-state index contributed by atoms with van der Waals surface area (Å²) in [5, 5.41) is 15.6. The molecule has 6 heteroatoms. The van der Waals surface area contributed by atoms with Gasteiger partial charge in [-0.1, -0.05) is 19.3 Å². The van der Waals surface area contributed by atoms with Crippen LogP contribution in [0.25, 0.3) is 0 Å². The minimum absolute atomic E-state index is 0.576. The number of nitrogens with zero attached hydrogens (tertiary/aromatic N) is 4. The number of aryl methyl sites for hydroxylation is 1. The van der Waals surface area contributed by atoms with E-state index in [0.29, 0.717) is 12.6 Å². The van der Waals surface area contributed by atoms with Gasteiger partial charge in [0, 0.05) is 26.1 Å². The van der Waals surface area contributed by atoms with E-state index < -0.39 is 0 Å². The van der Waals surface area contributed by atoms with Crippen molar-refractivity contribution >= 4 is 5.96 Å². The molecular weight excluding hydrogens is 264 g/mol. The van der Waals surface area contributed by atoms with Crippen molar-refractivity contribution in [2.45, 2.75) is 70.5 Å². The third-order valence-electron chi connectivity index (χ3n) is 4.52.